The molecular weight excluding hydrogens is 306 g/mol. The first-order valence-electron chi connectivity index (χ1n) is 7.48. The number of benzene rings is 2. The van der Waals surface area contributed by atoms with Gasteiger partial charge in [-0.25, -0.2) is 9.67 Å². The van der Waals surface area contributed by atoms with E-state index in [9.17, 15) is 5.11 Å². The van der Waals surface area contributed by atoms with Gasteiger partial charge in [-0.15, -0.1) is 11.3 Å². The van der Waals surface area contributed by atoms with Gasteiger partial charge >= 0.3 is 0 Å². The summed E-state index contributed by atoms with van der Waals surface area (Å²) in [4.78, 5) is 4.62. The fraction of sp³-hybridized carbons (Fsp3) is 0.111. The van der Waals surface area contributed by atoms with Crippen molar-refractivity contribution in [2.75, 3.05) is 0 Å². The minimum absolute atomic E-state index is 0.227. The second kappa shape index (κ2) is 5.52. The van der Waals surface area contributed by atoms with Crippen molar-refractivity contribution in [3.8, 4) is 22.1 Å². The van der Waals surface area contributed by atoms with Crippen molar-refractivity contribution >= 4 is 22.2 Å². The lowest BCUT2D eigenvalue weighted by atomic mass is 10.1. The Balaban J connectivity index is 1.99. The highest BCUT2D eigenvalue weighted by atomic mass is 32.1. The maximum atomic E-state index is 9.87. The minimum Gasteiger partial charge on any atom is -0.508 e. The molecular formula is C18H15N3OS. The highest BCUT2D eigenvalue weighted by Crippen LogP contribution is 2.32. The van der Waals surface area contributed by atoms with Crippen LogP contribution in [0.3, 0.4) is 0 Å². The molecule has 0 amide bonds. The van der Waals surface area contributed by atoms with Gasteiger partial charge in [0.15, 0.2) is 0 Å². The molecule has 4 rings (SSSR count). The van der Waals surface area contributed by atoms with Crippen LogP contribution < -0.4 is 0 Å². The molecule has 1 N–H and O–H groups in total. The highest BCUT2D eigenvalue weighted by molar-refractivity contribution is 7.12. The van der Waals surface area contributed by atoms with Crippen LogP contribution in [-0.4, -0.2) is 19.9 Å². The summed E-state index contributed by atoms with van der Waals surface area (Å²) >= 11 is 1.56. The number of aryl methyl sites for hydroxylation is 1. The van der Waals surface area contributed by atoms with Crippen LogP contribution in [0.2, 0.25) is 0 Å². The molecule has 0 unspecified atom stereocenters. The molecule has 0 fully saturated rings. The van der Waals surface area contributed by atoms with Gasteiger partial charge in [-0.2, -0.15) is 5.10 Å². The number of rotatable bonds is 3. The van der Waals surface area contributed by atoms with Gasteiger partial charge in [0.25, 0.3) is 0 Å². The van der Waals surface area contributed by atoms with Crippen LogP contribution in [0.5, 0.6) is 5.75 Å². The predicted octanol–water partition coefficient (Wildman–Crippen LogP) is 4.42. The van der Waals surface area contributed by atoms with E-state index in [0.29, 0.717) is 0 Å². The zero-order chi connectivity index (χ0) is 15.8. The third kappa shape index (κ3) is 2.39. The van der Waals surface area contributed by atoms with Crippen molar-refractivity contribution in [2.45, 2.75) is 13.3 Å². The van der Waals surface area contributed by atoms with E-state index in [2.05, 4.69) is 11.9 Å². The van der Waals surface area contributed by atoms with E-state index >= 15 is 0 Å². The third-order valence-corrected chi connectivity index (χ3v) is 4.66. The molecule has 4 nitrogen and oxygen atoms in total. The third-order valence-electron chi connectivity index (χ3n) is 3.79. The first kappa shape index (κ1) is 14.0. The number of fused-ring (bicyclic) bond motifs is 1. The molecule has 114 valence electrons. The summed E-state index contributed by atoms with van der Waals surface area (Å²) in [6.45, 7) is 2.08. The minimum atomic E-state index is 0.227. The van der Waals surface area contributed by atoms with Crippen molar-refractivity contribution in [2.24, 2.45) is 0 Å². The first-order chi connectivity index (χ1) is 11.3. The highest BCUT2D eigenvalue weighted by Gasteiger charge is 2.16. The predicted molar refractivity (Wildman–Crippen MR) is 93.2 cm³/mol. The van der Waals surface area contributed by atoms with Crippen LogP contribution in [0.4, 0.5) is 0 Å². The van der Waals surface area contributed by atoms with Gasteiger partial charge in [0, 0.05) is 22.4 Å². The van der Waals surface area contributed by atoms with E-state index in [1.807, 2.05) is 46.5 Å². The Morgan fingerprint density at radius 2 is 1.96 bits per heavy atom. The van der Waals surface area contributed by atoms with E-state index in [0.717, 1.165) is 39.4 Å². The quantitative estimate of drug-likeness (QED) is 0.608. The molecule has 2 aromatic carbocycles. The van der Waals surface area contributed by atoms with Crippen LogP contribution >= 0.6 is 11.3 Å². The number of hydrogen-bond acceptors (Lipinski definition) is 4. The molecule has 0 spiro atoms. The Bertz CT molecular complexity index is 973. The van der Waals surface area contributed by atoms with Crippen molar-refractivity contribution in [1.29, 1.82) is 0 Å². The van der Waals surface area contributed by atoms with Crippen molar-refractivity contribution in [3.05, 3.63) is 59.6 Å². The SMILES string of the molecule is CCc1csc(-n2nc(-c3ccccc3)c3ccc(O)cc32)n1. The average Bonchev–Trinajstić information content (AvgIpc) is 3.19. The van der Waals surface area contributed by atoms with Crippen LogP contribution in [0.15, 0.2) is 53.9 Å². The van der Waals surface area contributed by atoms with E-state index in [-0.39, 0.29) is 5.75 Å². The lowest BCUT2D eigenvalue weighted by molar-refractivity contribution is 0.476. The molecule has 0 saturated carbocycles. The largest absolute Gasteiger partial charge is 0.508 e. The Hall–Kier alpha value is -2.66. The standard InChI is InChI=1S/C18H15N3OS/c1-2-13-11-23-18(19-13)21-16-10-14(22)8-9-15(16)17(20-21)12-6-4-3-5-7-12/h3-11,22H,2H2,1H3. The number of aromatic hydroxyl groups is 1. The van der Waals surface area contributed by atoms with Crippen molar-refractivity contribution in [3.63, 3.8) is 0 Å². The number of aromatic nitrogens is 3. The number of nitrogens with zero attached hydrogens (tertiary/aromatic N) is 3. The summed E-state index contributed by atoms with van der Waals surface area (Å²) in [5.41, 5.74) is 3.86. The van der Waals surface area contributed by atoms with Gasteiger partial charge in [-0.05, 0) is 18.6 Å². The summed E-state index contributed by atoms with van der Waals surface area (Å²) in [7, 11) is 0. The van der Waals surface area contributed by atoms with E-state index < -0.39 is 0 Å². The molecule has 4 aromatic rings. The second-order valence-corrected chi connectivity index (χ2v) is 6.14. The summed E-state index contributed by atoms with van der Waals surface area (Å²) in [5, 5.41) is 18.5. The smallest absolute Gasteiger partial charge is 0.211 e. The molecule has 0 saturated heterocycles. The van der Waals surface area contributed by atoms with Crippen LogP contribution in [0.1, 0.15) is 12.6 Å². The number of hydrogen-bond donors (Lipinski definition) is 1. The molecule has 0 aliphatic carbocycles. The summed E-state index contributed by atoms with van der Waals surface area (Å²) < 4.78 is 1.82. The normalized spacial score (nSPS) is 11.2. The lowest BCUT2D eigenvalue weighted by Gasteiger charge is -1.98. The van der Waals surface area contributed by atoms with Crippen LogP contribution in [0.25, 0.3) is 27.3 Å². The van der Waals surface area contributed by atoms with Gasteiger partial charge in [-0.1, -0.05) is 37.3 Å². The monoisotopic (exact) mass is 321 g/mol. The molecule has 2 aromatic heterocycles. The van der Waals surface area contributed by atoms with E-state index in [1.165, 1.54) is 0 Å². The number of phenolic OH excluding ortho intramolecular Hbond substituents is 1. The molecule has 0 aliphatic rings. The van der Waals surface area contributed by atoms with Gasteiger partial charge in [0.1, 0.15) is 11.4 Å². The maximum Gasteiger partial charge on any atom is 0.211 e. The Morgan fingerprint density at radius 3 is 2.70 bits per heavy atom. The lowest BCUT2D eigenvalue weighted by Crippen LogP contribution is -1.96. The zero-order valence-corrected chi connectivity index (χ0v) is 13.4. The fourth-order valence-electron chi connectivity index (χ4n) is 2.61. The molecule has 5 heteroatoms. The fourth-order valence-corrected chi connectivity index (χ4v) is 3.48. The van der Waals surface area contributed by atoms with Crippen LogP contribution in [0, 0.1) is 0 Å². The van der Waals surface area contributed by atoms with Gasteiger partial charge in [0.2, 0.25) is 5.13 Å². The molecule has 0 bridgehead atoms. The average molecular weight is 321 g/mol. The van der Waals surface area contributed by atoms with E-state index in [1.54, 1.807) is 23.5 Å². The maximum absolute atomic E-state index is 9.87. The molecule has 0 aliphatic heterocycles. The summed E-state index contributed by atoms with van der Waals surface area (Å²) in [6, 6.07) is 15.4. The van der Waals surface area contributed by atoms with Gasteiger partial charge in [0.05, 0.1) is 11.2 Å². The van der Waals surface area contributed by atoms with Gasteiger partial charge < -0.3 is 5.11 Å². The number of phenols is 1. The Kier molecular flexibility index (Phi) is 3.35. The van der Waals surface area contributed by atoms with Crippen LogP contribution in [-0.2, 0) is 6.42 Å². The summed E-state index contributed by atoms with van der Waals surface area (Å²) in [6.07, 6.45) is 0.895. The molecule has 0 atom stereocenters. The molecule has 2 heterocycles. The summed E-state index contributed by atoms with van der Waals surface area (Å²) in [5.74, 6) is 0.227. The zero-order valence-electron chi connectivity index (χ0n) is 12.6. The van der Waals surface area contributed by atoms with Crippen molar-refractivity contribution in [1.82, 2.24) is 14.8 Å². The topological polar surface area (TPSA) is 50.9 Å². The second-order valence-electron chi connectivity index (χ2n) is 5.30. The Labute approximate surface area is 137 Å². The first-order valence-corrected chi connectivity index (χ1v) is 8.36. The van der Waals surface area contributed by atoms with Gasteiger partial charge in [-0.3, -0.25) is 0 Å². The van der Waals surface area contributed by atoms with Crippen molar-refractivity contribution < 1.29 is 5.11 Å². The molecule has 23 heavy (non-hydrogen) atoms. The molecule has 0 radical (unpaired) electrons. The van der Waals surface area contributed by atoms with E-state index in [4.69, 9.17) is 5.10 Å². The number of thiazole rings is 1. The Morgan fingerprint density at radius 1 is 1.13 bits per heavy atom.